The van der Waals surface area contributed by atoms with Crippen molar-refractivity contribution in [1.82, 2.24) is 45.0 Å². The van der Waals surface area contributed by atoms with Crippen LogP contribution in [0.2, 0.25) is 0 Å². The van der Waals surface area contributed by atoms with Crippen LogP contribution < -0.4 is 20.9 Å². The molecule has 0 radical (unpaired) electrons. The Morgan fingerprint density at radius 3 is 1.74 bits per heavy atom. The van der Waals surface area contributed by atoms with E-state index in [1.807, 2.05) is 51.1 Å². The van der Waals surface area contributed by atoms with Crippen molar-refractivity contribution in [2.45, 2.75) is 122 Å². The van der Waals surface area contributed by atoms with Gasteiger partial charge in [0.1, 0.15) is 17.7 Å². The van der Waals surface area contributed by atoms with Crippen LogP contribution in [0.25, 0.3) is 22.1 Å². The summed E-state index contributed by atoms with van der Waals surface area (Å²) in [5.74, 6) is 1.40. The molecule has 4 saturated heterocycles. The van der Waals surface area contributed by atoms with Gasteiger partial charge in [0.05, 0.1) is 71.4 Å². The molecule has 5 N–H and O–H groups in total. The first kappa shape index (κ1) is 44.7. The van der Waals surface area contributed by atoms with Gasteiger partial charge in [-0.25, -0.2) is 29.5 Å². The minimum Gasteiger partial charge on any atom is -0.453 e. The summed E-state index contributed by atoms with van der Waals surface area (Å²) in [6.45, 7) is 10.5. The van der Waals surface area contributed by atoms with Gasteiger partial charge < -0.3 is 50.1 Å². The number of H-pyrrole nitrogens is 2. The summed E-state index contributed by atoms with van der Waals surface area (Å²) in [4.78, 5) is 86.8. The average molecular weight is 903 g/mol. The number of hydrogen-bond acceptors (Lipinski definition) is 12. The van der Waals surface area contributed by atoms with Crippen LogP contribution in [0.5, 0.6) is 0 Å². The fourth-order valence-corrected chi connectivity index (χ4v) is 10.6. The van der Waals surface area contributed by atoms with E-state index in [1.165, 1.54) is 13.5 Å². The number of aromatic amines is 2. The van der Waals surface area contributed by atoms with Crippen molar-refractivity contribution < 1.29 is 28.7 Å². The molecule has 4 fully saturated rings. The molecule has 18 nitrogen and oxygen atoms in total. The Labute approximate surface area is 384 Å². The van der Waals surface area contributed by atoms with Gasteiger partial charge in [0, 0.05) is 26.2 Å². The highest BCUT2D eigenvalue weighted by Crippen LogP contribution is 2.48. The standard InChI is InChI=1S/C48H62N12O6/c1-27(2)40(56-48(64)65-5)44(61)58-21-9-11-38(58)42-52-32-15-13-29(23-34(32)54-42)36-17-18-37(60(36)31-25-50-47(51-26-31)57-19-7-6-8-20-57)30-14-16-33-35(24-30)55-43(53-33)39-12-10-22-59(39)45(62)41(28(3)4)66-46(49)63/h13-16,23-28,36-41H,6-12,17-22H2,1-5H3,(H2,49,63)(H,52,54)(H,53,55)(H,56,64)/t36-,37-,38+,39+,40+,41+/m1/s1. The Kier molecular flexibility index (Phi) is 12.7. The summed E-state index contributed by atoms with van der Waals surface area (Å²) in [7, 11) is 1.30. The van der Waals surface area contributed by atoms with Gasteiger partial charge in [0.15, 0.2) is 6.10 Å². The van der Waals surface area contributed by atoms with Gasteiger partial charge in [-0.3, -0.25) is 9.59 Å². The number of imidazole rings is 2. The van der Waals surface area contributed by atoms with Crippen LogP contribution in [-0.2, 0) is 19.1 Å². The third kappa shape index (κ3) is 8.80. The van der Waals surface area contributed by atoms with E-state index >= 15 is 0 Å². The van der Waals surface area contributed by atoms with Crippen molar-refractivity contribution in [3.8, 4) is 0 Å². The van der Waals surface area contributed by atoms with Crippen molar-refractivity contribution in [2.24, 2.45) is 17.6 Å². The number of alkyl carbamates (subject to hydrolysis) is 1. The van der Waals surface area contributed by atoms with E-state index in [4.69, 9.17) is 35.1 Å². The number of rotatable bonds is 12. The summed E-state index contributed by atoms with van der Waals surface area (Å²) in [6, 6.07) is 11.5. The number of nitrogens with zero attached hydrogens (tertiary/aromatic N) is 8. The van der Waals surface area contributed by atoms with Crippen LogP contribution >= 0.6 is 0 Å². The minimum atomic E-state index is -0.969. The molecule has 4 amide bonds. The molecule has 350 valence electrons. The Hall–Kier alpha value is -6.46. The van der Waals surface area contributed by atoms with Gasteiger partial charge in [-0.2, -0.15) is 0 Å². The SMILES string of the molecule is COC(=O)N[C@H](C(=O)N1CCC[C@H]1c1nc2ccc([C@H]3CC[C@H](c4ccc5nc([C@@H]6CCCN6C(=O)[C@@H](OC(N)=O)C(C)C)[nH]c5c4)N3c3cnc(N4CCCCC4)nc3)cc2[nH]1)C(C)C. The lowest BCUT2D eigenvalue weighted by Crippen LogP contribution is -2.51. The predicted octanol–water partition coefficient (Wildman–Crippen LogP) is 7.13. The number of piperidine rings is 1. The minimum absolute atomic E-state index is 0.0149. The Bertz CT molecular complexity index is 2570. The molecule has 0 aliphatic carbocycles. The number of amides is 4. The number of nitrogens with one attached hydrogen (secondary N) is 3. The Morgan fingerprint density at radius 2 is 1.24 bits per heavy atom. The van der Waals surface area contributed by atoms with E-state index in [9.17, 15) is 19.2 Å². The van der Waals surface area contributed by atoms with Crippen LogP contribution in [0, 0.1) is 11.8 Å². The zero-order valence-corrected chi connectivity index (χ0v) is 38.5. The van der Waals surface area contributed by atoms with Crippen molar-refractivity contribution in [1.29, 1.82) is 0 Å². The molecule has 0 unspecified atom stereocenters. The number of likely N-dealkylation sites (tertiary alicyclic amines) is 2. The lowest BCUT2D eigenvalue weighted by molar-refractivity contribution is -0.143. The molecule has 5 aromatic rings. The summed E-state index contributed by atoms with van der Waals surface area (Å²) in [5, 5.41) is 2.74. The molecule has 7 heterocycles. The van der Waals surface area contributed by atoms with Crippen LogP contribution in [-0.4, -0.2) is 109 Å². The molecule has 18 heteroatoms. The number of hydrogen-bond donors (Lipinski definition) is 4. The Balaban J connectivity index is 1.01. The van der Waals surface area contributed by atoms with Crippen molar-refractivity contribution in [3.63, 3.8) is 0 Å². The second kappa shape index (κ2) is 18.8. The second-order valence-electron chi connectivity index (χ2n) is 18.9. The van der Waals surface area contributed by atoms with Crippen LogP contribution in [0.4, 0.5) is 21.2 Å². The molecule has 4 aliphatic rings. The molecule has 4 aliphatic heterocycles. The fourth-order valence-electron chi connectivity index (χ4n) is 10.6. The van der Waals surface area contributed by atoms with Crippen molar-refractivity contribution in [2.75, 3.05) is 43.1 Å². The summed E-state index contributed by atoms with van der Waals surface area (Å²) in [6.07, 6.45) is 9.72. The highest BCUT2D eigenvalue weighted by molar-refractivity contribution is 5.87. The topological polar surface area (TPSA) is 221 Å². The van der Waals surface area contributed by atoms with E-state index in [-0.39, 0.29) is 47.8 Å². The maximum atomic E-state index is 13.9. The van der Waals surface area contributed by atoms with Gasteiger partial charge >= 0.3 is 12.2 Å². The molecule has 0 spiro atoms. The van der Waals surface area contributed by atoms with Gasteiger partial charge in [-0.05, 0) is 105 Å². The van der Waals surface area contributed by atoms with E-state index < -0.39 is 24.3 Å². The number of benzene rings is 2. The maximum absolute atomic E-state index is 13.9. The number of nitrogens with two attached hydrogens (primary N) is 1. The van der Waals surface area contributed by atoms with E-state index in [0.29, 0.717) is 18.9 Å². The first-order valence-electron chi connectivity index (χ1n) is 23.6. The van der Waals surface area contributed by atoms with Crippen LogP contribution in [0.3, 0.4) is 0 Å². The van der Waals surface area contributed by atoms with Crippen LogP contribution in [0.15, 0.2) is 48.8 Å². The predicted molar refractivity (Wildman–Crippen MR) is 248 cm³/mol. The van der Waals surface area contributed by atoms with Crippen LogP contribution in [0.1, 0.15) is 132 Å². The summed E-state index contributed by atoms with van der Waals surface area (Å²) < 4.78 is 10.1. The van der Waals surface area contributed by atoms with E-state index in [1.54, 1.807) is 4.90 Å². The molecular weight excluding hydrogens is 841 g/mol. The first-order valence-corrected chi connectivity index (χ1v) is 23.6. The second-order valence-corrected chi connectivity index (χ2v) is 18.9. The number of primary amides is 1. The van der Waals surface area contributed by atoms with Gasteiger partial charge in [-0.1, -0.05) is 39.8 Å². The zero-order valence-electron chi connectivity index (χ0n) is 38.5. The molecule has 66 heavy (non-hydrogen) atoms. The van der Waals surface area contributed by atoms with Crippen molar-refractivity contribution in [3.05, 3.63) is 71.6 Å². The van der Waals surface area contributed by atoms with Gasteiger partial charge in [0.25, 0.3) is 5.91 Å². The lowest BCUT2D eigenvalue weighted by atomic mass is 10.0. The number of fused-ring (bicyclic) bond motifs is 2. The van der Waals surface area contributed by atoms with Gasteiger partial charge in [-0.15, -0.1) is 0 Å². The zero-order chi connectivity index (χ0) is 46.2. The molecule has 2 aromatic carbocycles. The monoisotopic (exact) mass is 902 g/mol. The summed E-state index contributed by atoms with van der Waals surface area (Å²) >= 11 is 0. The number of methoxy groups -OCH3 is 1. The molecule has 6 atom stereocenters. The quantitative estimate of drug-likeness (QED) is 0.0983. The average Bonchev–Trinajstić information content (AvgIpc) is 4.18. The lowest BCUT2D eigenvalue weighted by Gasteiger charge is -2.33. The first-order chi connectivity index (χ1) is 31.9. The highest BCUT2D eigenvalue weighted by atomic mass is 16.6. The maximum Gasteiger partial charge on any atom is 0.407 e. The number of aromatic nitrogens is 6. The number of carbonyl (C=O) groups is 4. The van der Waals surface area contributed by atoms with Gasteiger partial charge in [0.2, 0.25) is 11.9 Å². The smallest absolute Gasteiger partial charge is 0.407 e. The number of anilines is 2. The van der Waals surface area contributed by atoms with Crippen molar-refractivity contribution >= 4 is 57.7 Å². The highest BCUT2D eigenvalue weighted by Gasteiger charge is 2.41. The molecule has 0 bridgehead atoms. The number of ether oxygens (including phenoxy) is 2. The summed E-state index contributed by atoms with van der Waals surface area (Å²) in [5.41, 5.74) is 11.9. The van der Waals surface area contributed by atoms with E-state index in [2.05, 4.69) is 55.4 Å². The van der Waals surface area contributed by atoms with E-state index in [0.717, 1.165) is 115 Å². The molecular formula is C48H62N12O6. The largest absolute Gasteiger partial charge is 0.453 e. The third-order valence-corrected chi connectivity index (χ3v) is 14.0. The third-order valence-electron chi connectivity index (χ3n) is 14.0. The molecule has 3 aromatic heterocycles. The number of carbonyl (C=O) groups excluding carboxylic acids is 4. The molecule has 0 saturated carbocycles. The fraction of sp³-hybridized carbons (Fsp3) is 0.542. The Morgan fingerprint density at radius 1 is 0.697 bits per heavy atom. The molecule has 9 rings (SSSR count). The normalized spacial score (nSPS) is 22.2.